The van der Waals surface area contributed by atoms with E-state index in [-0.39, 0.29) is 12.6 Å². The topological polar surface area (TPSA) is 49.8 Å². The van der Waals surface area contributed by atoms with Crippen LogP contribution >= 0.6 is 0 Å². The zero-order chi connectivity index (χ0) is 12.2. The normalized spacial score (nSPS) is 21.6. The van der Waals surface area contributed by atoms with Crippen molar-refractivity contribution in [3.63, 3.8) is 0 Å². The lowest BCUT2D eigenvalue weighted by Crippen LogP contribution is -2.42. The van der Waals surface area contributed by atoms with Crippen LogP contribution in [0.15, 0.2) is 0 Å². The molecule has 0 amide bonds. The van der Waals surface area contributed by atoms with Crippen molar-refractivity contribution in [2.45, 2.75) is 25.1 Å². The Hall–Kier alpha value is -0.820. The number of ether oxygens (including phenoxy) is 1. The minimum atomic E-state index is -4.38. The third kappa shape index (κ3) is 5.32. The van der Waals surface area contributed by atoms with E-state index in [4.69, 9.17) is 9.84 Å². The van der Waals surface area contributed by atoms with Crippen LogP contribution in [0.5, 0.6) is 0 Å². The maximum Gasteiger partial charge on any atom is 0.401 e. The molecule has 0 radical (unpaired) electrons. The van der Waals surface area contributed by atoms with E-state index < -0.39 is 25.2 Å². The Labute approximate surface area is 91.0 Å². The molecule has 0 aromatic heterocycles. The molecule has 94 valence electrons. The molecule has 7 heteroatoms. The van der Waals surface area contributed by atoms with Crippen LogP contribution in [-0.4, -0.2) is 54.5 Å². The van der Waals surface area contributed by atoms with Gasteiger partial charge >= 0.3 is 12.1 Å². The molecule has 1 aliphatic rings. The zero-order valence-corrected chi connectivity index (χ0v) is 8.66. The van der Waals surface area contributed by atoms with Gasteiger partial charge in [0.1, 0.15) is 0 Å². The maximum absolute atomic E-state index is 12.2. The third-order valence-electron chi connectivity index (χ3n) is 2.25. The first-order chi connectivity index (χ1) is 7.37. The van der Waals surface area contributed by atoms with Crippen LogP contribution in [0, 0.1) is 0 Å². The van der Waals surface area contributed by atoms with E-state index in [1.807, 2.05) is 0 Å². The van der Waals surface area contributed by atoms with Gasteiger partial charge in [-0.1, -0.05) is 0 Å². The summed E-state index contributed by atoms with van der Waals surface area (Å²) in [4.78, 5) is 11.3. The summed E-state index contributed by atoms with van der Waals surface area (Å²) in [6.45, 7) is -1.26. The van der Waals surface area contributed by atoms with Crippen molar-refractivity contribution in [1.29, 1.82) is 0 Å². The lowest BCUT2D eigenvalue weighted by atomic mass is 10.2. The minimum absolute atomic E-state index is 0.0197. The van der Waals surface area contributed by atoms with Crippen LogP contribution in [0.2, 0.25) is 0 Å². The highest BCUT2D eigenvalue weighted by Crippen LogP contribution is 2.19. The number of alkyl halides is 3. The van der Waals surface area contributed by atoms with E-state index in [9.17, 15) is 18.0 Å². The van der Waals surface area contributed by atoms with Gasteiger partial charge in [-0.2, -0.15) is 13.2 Å². The summed E-state index contributed by atoms with van der Waals surface area (Å²) in [5.74, 6) is -1.26. The van der Waals surface area contributed by atoms with Crippen molar-refractivity contribution in [3.05, 3.63) is 0 Å². The SMILES string of the molecule is O=C(O)CN(CC1CCCO1)CC(F)(F)F. The second-order valence-corrected chi connectivity index (χ2v) is 3.81. The molecule has 1 N–H and O–H groups in total. The van der Waals surface area contributed by atoms with Crippen molar-refractivity contribution in [2.75, 3.05) is 26.2 Å². The summed E-state index contributed by atoms with van der Waals surface area (Å²) < 4.78 is 41.6. The van der Waals surface area contributed by atoms with Gasteiger partial charge in [-0.3, -0.25) is 9.69 Å². The van der Waals surface area contributed by atoms with Crippen molar-refractivity contribution in [1.82, 2.24) is 4.90 Å². The van der Waals surface area contributed by atoms with Crippen LogP contribution in [0.25, 0.3) is 0 Å². The first-order valence-corrected chi connectivity index (χ1v) is 4.99. The summed E-state index contributed by atoms with van der Waals surface area (Å²) in [6, 6.07) is 0. The molecule has 0 saturated carbocycles. The standard InChI is InChI=1S/C9H14F3NO3/c10-9(11,12)6-13(5-8(14)15)4-7-2-1-3-16-7/h7H,1-6H2,(H,14,15). The van der Waals surface area contributed by atoms with E-state index in [1.165, 1.54) is 0 Å². The minimum Gasteiger partial charge on any atom is -0.480 e. The molecule has 0 aromatic carbocycles. The predicted octanol–water partition coefficient (Wildman–Crippen LogP) is 1.11. The molecule has 1 fully saturated rings. The van der Waals surface area contributed by atoms with Gasteiger partial charge in [0.05, 0.1) is 19.2 Å². The van der Waals surface area contributed by atoms with Crippen LogP contribution in [-0.2, 0) is 9.53 Å². The summed E-state index contributed by atoms with van der Waals surface area (Å²) >= 11 is 0. The van der Waals surface area contributed by atoms with Gasteiger partial charge in [0.25, 0.3) is 0 Å². The number of rotatable bonds is 5. The average molecular weight is 241 g/mol. The van der Waals surface area contributed by atoms with Crippen LogP contribution in [0.4, 0.5) is 13.2 Å². The second kappa shape index (κ2) is 5.49. The van der Waals surface area contributed by atoms with Gasteiger partial charge in [0.2, 0.25) is 0 Å². The number of aliphatic carboxylic acids is 1. The number of hydrogen-bond acceptors (Lipinski definition) is 3. The third-order valence-corrected chi connectivity index (χ3v) is 2.25. The number of carbonyl (C=O) groups is 1. The van der Waals surface area contributed by atoms with Crippen molar-refractivity contribution in [3.8, 4) is 0 Å². The molecule has 0 bridgehead atoms. The van der Waals surface area contributed by atoms with E-state index in [0.29, 0.717) is 13.0 Å². The van der Waals surface area contributed by atoms with Gasteiger partial charge in [0.15, 0.2) is 0 Å². The highest BCUT2D eigenvalue weighted by molar-refractivity contribution is 5.69. The zero-order valence-electron chi connectivity index (χ0n) is 8.66. The Morgan fingerprint density at radius 1 is 1.50 bits per heavy atom. The number of hydrogen-bond donors (Lipinski definition) is 1. The quantitative estimate of drug-likeness (QED) is 0.783. The Morgan fingerprint density at radius 2 is 2.19 bits per heavy atom. The highest BCUT2D eigenvalue weighted by atomic mass is 19.4. The van der Waals surface area contributed by atoms with E-state index in [2.05, 4.69) is 0 Å². The molecule has 1 heterocycles. The molecule has 0 aromatic rings. The molecule has 1 aliphatic heterocycles. The number of halogens is 3. The van der Waals surface area contributed by atoms with Gasteiger partial charge in [0, 0.05) is 13.2 Å². The van der Waals surface area contributed by atoms with Gasteiger partial charge in [-0.25, -0.2) is 0 Å². The van der Waals surface area contributed by atoms with E-state index in [0.717, 1.165) is 11.3 Å². The van der Waals surface area contributed by atoms with Crippen molar-refractivity contribution >= 4 is 5.97 Å². The van der Waals surface area contributed by atoms with Gasteiger partial charge in [-0.05, 0) is 12.8 Å². The van der Waals surface area contributed by atoms with E-state index >= 15 is 0 Å². The highest BCUT2D eigenvalue weighted by Gasteiger charge is 2.33. The summed E-state index contributed by atoms with van der Waals surface area (Å²) in [7, 11) is 0. The Balaban J connectivity index is 2.45. The Morgan fingerprint density at radius 3 is 2.62 bits per heavy atom. The molecule has 1 atom stereocenters. The fourth-order valence-corrected chi connectivity index (χ4v) is 1.71. The molecule has 1 rings (SSSR count). The average Bonchev–Trinajstić information content (AvgIpc) is 2.51. The van der Waals surface area contributed by atoms with Crippen molar-refractivity contribution in [2.24, 2.45) is 0 Å². The van der Waals surface area contributed by atoms with Crippen LogP contribution in [0.1, 0.15) is 12.8 Å². The summed E-state index contributed by atoms with van der Waals surface area (Å²) in [5.41, 5.74) is 0. The Kier molecular flexibility index (Phi) is 4.55. The molecule has 16 heavy (non-hydrogen) atoms. The number of carboxylic acids is 1. The van der Waals surface area contributed by atoms with Gasteiger partial charge in [-0.15, -0.1) is 0 Å². The predicted molar refractivity (Wildman–Crippen MR) is 49.1 cm³/mol. The lowest BCUT2D eigenvalue weighted by molar-refractivity contribution is -0.156. The van der Waals surface area contributed by atoms with E-state index in [1.54, 1.807) is 0 Å². The summed E-state index contributed by atoms with van der Waals surface area (Å²) in [6.07, 6.45) is -3.15. The van der Waals surface area contributed by atoms with Crippen LogP contribution in [0.3, 0.4) is 0 Å². The largest absolute Gasteiger partial charge is 0.480 e. The maximum atomic E-state index is 12.2. The number of nitrogens with zero attached hydrogens (tertiary/aromatic N) is 1. The number of carboxylic acid groups (broad SMARTS) is 1. The van der Waals surface area contributed by atoms with Crippen LogP contribution < -0.4 is 0 Å². The molecule has 1 unspecified atom stereocenters. The molecule has 0 aliphatic carbocycles. The molecular weight excluding hydrogens is 227 g/mol. The Bertz CT molecular complexity index is 239. The first kappa shape index (κ1) is 13.2. The monoisotopic (exact) mass is 241 g/mol. The smallest absolute Gasteiger partial charge is 0.401 e. The lowest BCUT2D eigenvalue weighted by Gasteiger charge is -2.24. The first-order valence-electron chi connectivity index (χ1n) is 4.99. The molecular formula is C9H14F3NO3. The van der Waals surface area contributed by atoms with Gasteiger partial charge < -0.3 is 9.84 Å². The fraction of sp³-hybridized carbons (Fsp3) is 0.889. The summed E-state index contributed by atoms with van der Waals surface area (Å²) in [5, 5.41) is 8.50. The molecule has 0 spiro atoms. The molecule has 1 saturated heterocycles. The van der Waals surface area contributed by atoms with Crippen molar-refractivity contribution < 1.29 is 27.8 Å². The fourth-order valence-electron chi connectivity index (χ4n) is 1.71. The molecule has 4 nitrogen and oxygen atoms in total. The second-order valence-electron chi connectivity index (χ2n) is 3.81.